The molecule has 3 rings (SSSR count). The van der Waals surface area contributed by atoms with Crippen LogP contribution in [0.25, 0.3) is 10.8 Å². The van der Waals surface area contributed by atoms with Crippen molar-refractivity contribution in [3.05, 3.63) is 81.9 Å². The number of benzene rings is 3. The Labute approximate surface area is 143 Å². The molecule has 0 heterocycles. The fourth-order valence-corrected chi connectivity index (χ4v) is 2.99. The van der Waals surface area contributed by atoms with Crippen LogP contribution in [0.2, 0.25) is 0 Å². The zero-order valence-electron chi connectivity index (χ0n) is 13.5. The second-order valence-electron chi connectivity index (χ2n) is 5.67. The van der Waals surface area contributed by atoms with E-state index in [-0.39, 0.29) is 17.3 Å². The van der Waals surface area contributed by atoms with Crippen LogP contribution in [0.5, 0.6) is 5.75 Å². The molecule has 0 saturated carbocycles. The van der Waals surface area contributed by atoms with E-state index in [1.807, 2.05) is 24.3 Å². The highest BCUT2D eigenvalue weighted by Crippen LogP contribution is 2.38. The molecule has 3 aromatic rings. The monoisotopic (exact) mass is 336 g/mol. The Balaban J connectivity index is 2.31. The predicted octanol–water partition coefficient (Wildman–Crippen LogP) is 3.68. The van der Waals surface area contributed by atoms with Crippen molar-refractivity contribution >= 4 is 22.4 Å². The molecule has 0 spiro atoms. The van der Waals surface area contributed by atoms with Crippen molar-refractivity contribution in [1.29, 1.82) is 0 Å². The van der Waals surface area contributed by atoms with Crippen LogP contribution in [0.3, 0.4) is 0 Å². The maximum Gasteiger partial charge on any atom is 0.275 e. The highest BCUT2D eigenvalue weighted by atomic mass is 16.6. The number of phenolic OH excluding ortho intramolecular Hbond substituents is 1. The van der Waals surface area contributed by atoms with E-state index < -0.39 is 11.0 Å². The van der Waals surface area contributed by atoms with E-state index >= 15 is 0 Å². The first-order valence-electron chi connectivity index (χ1n) is 7.70. The smallest absolute Gasteiger partial charge is 0.275 e. The van der Waals surface area contributed by atoms with Crippen molar-refractivity contribution < 1.29 is 14.8 Å². The molecule has 0 aliphatic carbocycles. The summed E-state index contributed by atoms with van der Waals surface area (Å²) in [5, 5.41) is 26.2. The fraction of sp³-hybridized carbons (Fsp3) is 0.105. The molecule has 6 nitrogen and oxygen atoms in total. The summed E-state index contributed by atoms with van der Waals surface area (Å²) >= 11 is 0. The first-order chi connectivity index (χ1) is 12.0. The Morgan fingerprint density at radius 1 is 1.08 bits per heavy atom. The van der Waals surface area contributed by atoms with Gasteiger partial charge in [0.2, 0.25) is 5.91 Å². The van der Waals surface area contributed by atoms with Crippen molar-refractivity contribution in [2.75, 3.05) is 0 Å². The molecule has 0 aliphatic rings. The van der Waals surface area contributed by atoms with Gasteiger partial charge in [-0.05, 0) is 22.9 Å². The molecule has 0 fully saturated rings. The van der Waals surface area contributed by atoms with Gasteiger partial charge in [-0.3, -0.25) is 14.9 Å². The Bertz CT molecular complexity index is 969. The molecule has 1 unspecified atom stereocenters. The van der Waals surface area contributed by atoms with E-state index in [4.69, 9.17) is 0 Å². The molecule has 3 aromatic carbocycles. The Morgan fingerprint density at radius 2 is 1.76 bits per heavy atom. The lowest BCUT2D eigenvalue weighted by molar-refractivity contribution is -0.385. The zero-order valence-corrected chi connectivity index (χ0v) is 13.5. The summed E-state index contributed by atoms with van der Waals surface area (Å²) in [6.07, 6.45) is 0. The summed E-state index contributed by atoms with van der Waals surface area (Å²) in [5.74, 6) is -0.383. The molecule has 25 heavy (non-hydrogen) atoms. The van der Waals surface area contributed by atoms with Crippen LogP contribution in [-0.4, -0.2) is 15.9 Å². The fourth-order valence-electron chi connectivity index (χ4n) is 2.99. The molecule has 0 aromatic heterocycles. The zero-order chi connectivity index (χ0) is 18.0. The second kappa shape index (κ2) is 6.60. The van der Waals surface area contributed by atoms with Crippen molar-refractivity contribution in [1.82, 2.24) is 5.32 Å². The van der Waals surface area contributed by atoms with Crippen molar-refractivity contribution in [3.63, 3.8) is 0 Å². The number of rotatable bonds is 4. The van der Waals surface area contributed by atoms with E-state index in [9.17, 15) is 20.0 Å². The van der Waals surface area contributed by atoms with Crippen LogP contribution in [0, 0.1) is 10.1 Å². The number of phenols is 1. The molecule has 0 saturated heterocycles. The summed E-state index contributed by atoms with van der Waals surface area (Å²) in [6.45, 7) is 1.34. The number of para-hydroxylation sites is 1. The lowest BCUT2D eigenvalue weighted by Crippen LogP contribution is -2.27. The van der Waals surface area contributed by atoms with Gasteiger partial charge in [-0.15, -0.1) is 0 Å². The number of hydrogen-bond acceptors (Lipinski definition) is 4. The van der Waals surface area contributed by atoms with Crippen molar-refractivity contribution in [2.24, 2.45) is 0 Å². The third-order valence-corrected chi connectivity index (χ3v) is 4.03. The molecule has 126 valence electrons. The first kappa shape index (κ1) is 16.4. The summed E-state index contributed by atoms with van der Waals surface area (Å²) in [5.41, 5.74) is 0.630. The van der Waals surface area contributed by atoms with Gasteiger partial charge in [0.1, 0.15) is 5.75 Å². The number of nitro benzene ring substituents is 1. The van der Waals surface area contributed by atoms with Gasteiger partial charge < -0.3 is 10.4 Å². The van der Waals surface area contributed by atoms with Crippen LogP contribution in [-0.2, 0) is 4.79 Å². The van der Waals surface area contributed by atoms with Crippen LogP contribution in [0.1, 0.15) is 24.1 Å². The summed E-state index contributed by atoms with van der Waals surface area (Å²) < 4.78 is 0. The molecular formula is C19H16N2O4. The number of nitrogens with zero attached hydrogens (tertiary/aromatic N) is 1. The number of carbonyl (C=O) groups is 1. The van der Waals surface area contributed by atoms with Crippen molar-refractivity contribution in [2.45, 2.75) is 13.0 Å². The third kappa shape index (κ3) is 3.14. The van der Waals surface area contributed by atoms with E-state index in [2.05, 4.69) is 5.32 Å². The normalized spacial score (nSPS) is 11.9. The maximum absolute atomic E-state index is 11.8. The van der Waals surface area contributed by atoms with Gasteiger partial charge in [0, 0.05) is 18.6 Å². The molecule has 0 aliphatic heterocycles. The van der Waals surface area contributed by atoms with Gasteiger partial charge in [-0.1, -0.05) is 42.5 Å². The molecule has 6 heteroatoms. The van der Waals surface area contributed by atoms with Crippen LogP contribution in [0.4, 0.5) is 5.69 Å². The number of hydrogen-bond donors (Lipinski definition) is 2. The van der Waals surface area contributed by atoms with E-state index in [0.29, 0.717) is 11.1 Å². The average molecular weight is 336 g/mol. The van der Waals surface area contributed by atoms with Gasteiger partial charge in [-0.25, -0.2) is 0 Å². The highest BCUT2D eigenvalue weighted by Gasteiger charge is 2.27. The topological polar surface area (TPSA) is 92.5 Å². The molecule has 1 atom stereocenters. The lowest BCUT2D eigenvalue weighted by atomic mass is 9.91. The van der Waals surface area contributed by atoms with E-state index in [1.165, 1.54) is 19.1 Å². The molecule has 1 amide bonds. The molecule has 0 bridgehead atoms. The number of aromatic hydroxyl groups is 1. The van der Waals surface area contributed by atoms with Crippen LogP contribution < -0.4 is 5.32 Å². The summed E-state index contributed by atoms with van der Waals surface area (Å²) in [6, 6.07) is 16.0. The van der Waals surface area contributed by atoms with Gasteiger partial charge in [0.25, 0.3) is 5.69 Å². The average Bonchev–Trinajstić information content (AvgIpc) is 2.60. The van der Waals surface area contributed by atoms with Gasteiger partial charge in [0.15, 0.2) is 0 Å². The van der Waals surface area contributed by atoms with Crippen LogP contribution in [0.15, 0.2) is 60.7 Å². The maximum atomic E-state index is 11.8. The Kier molecular flexibility index (Phi) is 4.35. The third-order valence-electron chi connectivity index (χ3n) is 4.03. The van der Waals surface area contributed by atoms with Gasteiger partial charge in [-0.2, -0.15) is 0 Å². The second-order valence-corrected chi connectivity index (χ2v) is 5.67. The minimum absolute atomic E-state index is 0.0319. The first-order valence-corrected chi connectivity index (χ1v) is 7.70. The van der Waals surface area contributed by atoms with Crippen molar-refractivity contribution in [3.8, 4) is 5.75 Å². The number of amides is 1. The molecule has 0 radical (unpaired) electrons. The minimum Gasteiger partial charge on any atom is -0.508 e. The van der Waals surface area contributed by atoms with Crippen LogP contribution >= 0.6 is 0 Å². The quantitative estimate of drug-likeness (QED) is 0.561. The van der Waals surface area contributed by atoms with Gasteiger partial charge >= 0.3 is 0 Å². The summed E-state index contributed by atoms with van der Waals surface area (Å²) in [4.78, 5) is 22.7. The molecular weight excluding hydrogens is 320 g/mol. The van der Waals surface area contributed by atoms with Gasteiger partial charge in [0.05, 0.1) is 16.5 Å². The standard InChI is InChI=1S/C19H16N2O4/c1-12(22)20-19(15-8-4-5-9-16(15)21(24)25)18-14-7-3-2-6-13(14)10-11-17(18)23/h2-11,19,23H,1H3,(H,20,22). The molecule has 2 N–H and O–H groups in total. The summed E-state index contributed by atoms with van der Waals surface area (Å²) in [7, 11) is 0. The number of nitro groups is 1. The number of nitrogens with one attached hydrogen (secondary N) is 1. The highest BCUT2D eigenvalue weighted by molar-refractivity contribution is 5.89. The number of fused-ring (bicyclic) bond motifs is 1. The minimum atomic E-state index is -0.842. The van der Waals surface area contributed by atoms with E-state index in [0.717, 1.165) is 10.8 Å². The number of carbonyl (C=O) groups excluding carboxylic acids is 1. The largest absolute Gasteiger partial charge is 0.508 e. The van der Waals surface area contributed by atoms with E-state index in [1.54, 1.807) is 24.3 Å². The Morgan fingerprint density at radius 3 is 2.48 bits per heavy atom. The SMILES string of the molecule is CC(=O)NC(c1ccccc1[N+](=O)[O-])c1c(O)ccc2ccccc12. The Hall–Kier alpha value is -3.41. The predicted molar refractivity (Wildman–Crippen MR) is 94.4 cm³/mol. The lowest BCUT2D eigenvalue weighted by Gasteiger charge is -2.21.